The number of nitrogens with zero attached hydrogens (tertiary/aromatic N) is 1. The molecule has 5 nitrogen and oxygen atoms in total. The molecule has 1 amide bonds. The van der Waals surface area contributed by atoms with Crippen molar-refractivity contribution in [2.75, 3.05) is 12.3 Å². The van der Waals surface area contributed by atoms with Gasteiger partial charge in [0.05, 0.1) is 11.9 Å². The first-order chi connectivity index (χ1) is 11.7. The van der Waals surface area contributed by atoms with Gasteiger partial charge in [-0.2, -0.15) is 0 Å². The summed E-state index contributed by atoms with van der Waals surface area (Å²) in [5.74, 6) is 0.122. The van der Waals surface area contributed by atoms with Crippen LogP contribution in [0, 0.1) is 0 Å². The Morgan fingerprint density at radius 3 is 2.71 bits per heavy atom. The number of hydrogen-bond donors (Lipinski definition) is 2. The average Bonchev–Trinajstić information content (AvgIpc) is 3.03. The van der Waals surface area contributed by atoms with Crippen molar-refractivity contribution in [3.05, 3.63) is 60.2 Å². The van der Waals surface area contributed by atoms with E-state index in [0.717, 1.165) is 11.1 Å². The van der Waals surface area contributed by atoms with Gasteiger partial charge in [0, 0.05) is 6.54 Å². The second-order valence-electron chi connectivity index (χ2n) is 5.30. The lowest BCUT2D eigenvalue weighted by Crippen LogP contribution is -2.27. The topological polar surface area (TPSA) is 75.4 Å². The summed E-state index contributed by atoms with van der Waals surface area (Å²) in [6.07, 6.45) is -0.0975. The standard InChI is InChI=1S/C18H18N2O3S/c21-15(13-6-2-1-3-7-13)10-11-19-17(22)12-24-18-20-14-8-4-5-9-16(14)23-18/h1-9,15,21H,10-12H2,(H,19,22). The van der Waals surface area contributed by atoms with Gasteiger partial charge in [-0.05, 0) is 24.1 Å². The highest BCUT2D eigenvalue weighted by atomic mass is 32.2. The van der Waals surface area contributed by atoms with Crippen LogP contribution in [0.15, 0.2) is 64.2 Å². The highest BCUT2D eigenvalue weighted by molar-refractivity contribution is 7.99. The van der Waals surface area contributed by atoms with Crippen LogP contribution in [0.5, 0.6) is 0 Å². The fraction of sp³-hybridized carbons (Fsp3) is 0.222. The number of carbonyl (C=O) groups is 1. The number of aliphatic hydroxyl groups excluding tert-OH is 1. The molecule has 0 radical (unpaired) electrons. The molecule has 0 aliphatic heterocycles. The minimum absolute atomic E-state index is 0.109. The van der Waals surface area contributed by atoms with Gasteiger partial charge in [0.15, 0.2) is 5.58 Å². The Morgan fingerprint density at radius 2 is 1.92 bits per heavy atom. The SMILES string of the molecule is O=C(CSc1nc2ccccc2o1)NCCC(O)c1ccccc1. The van der Waals surface area contributed by atoms with E-state index in [4.69, 9.17) is 4.42 Å². The van der Waals surface area contributed by atoms with Gasteiger partial charge in [-0.1, -0.05) is 54.2 Å². The molecule has 1 aromatic heterocycles. The maximum atomic E-state index is 11.9. The lowest BCUT2D eigenvalue weighted by Gasteiger charge is -2.11. The molecule has 0 aliphatic rings. The summed E-state index contributed by atoms with van der Waals surface area (Å²) in [6, 6.07) is 16.9. The predicted octanol–water partition coefficient (Wildman–Crippen LogP) is 3.16. The van der Waals surface area contributed by atoms with Crippen molar-refractivity contribution in [3.8, 4) is 0 Å². The summed E-state index contributed by atoms with van der Waals surface area (Å²) in [4.78, 5) is 16.2. The first-order valence-corrected chi connectivity index (χ1v) is 8.69. The maximum absolute atomic E-state index is 11.9. The first kappa shape index (κ1) is 16.5. The van der Waals surface area contributed by atoms with Gasteiger partial charge in [-0.15, -0.1) is 0 Å². The average molecular weight is 342 g/mol. The van der Waals surface area contributed by atoms with Crippen LogP contribution >= 0.6 is 11.8 Å². The summed E-state index contributed by atoms with van der Waals surface area (Å²) in [5.41, 5.74) is 2.35. The molecular weight excluding hydrogens is 324 g/mol. The Hall–Kier alpha value is -2.31. The van der Waals surface area contributed by atoms with Crippen LogP contribution < -0.4 is 5.32 Å². The third kappa shape index (κ3) is 4.37. The number of benzene rings is 2. The number of rotatable bonds is 7. The van der Waals surface area contributed by atoms with Crippen LogP contribution in [-0.2, 0) is 4.79 Å². The molecule has 0 bridgehead atoms. The third-order valence-electron chi connectivity index (χ3n) is 3.53. The van der Waals surface area contributed by atoms with Crippen LogP contribution in [0.3, 0.4) is 0 Å². The van der Waals surface area contributed by atoms with Crippen molar-refractivity contribution >= 4 is 28.8 Å². The zero-order valence-electron chi connectivity index (χ0n) is 13.0. The van der Waals surface area contributed by atoms with Gasteiger partial charge in [0.2, 0.25) is 5.91 Å². The van der Waals surface area contributed by atoms with Crippen molar-refractivity contribution in [2.45, 2.75) is 17.7 Å². The van der Waals surface area contributed by atoms with E-state index in [-0.39, 0.29) is 11.7 Å². The molecule has 2 aromatic carbocycles. The summed E-state index contributed by atoms with van der Waals surface area (Å²) in [7, 11) is 0. The van der Waals surface area contributed by atoms with E-state index in [2.05, 4.69) is 10.3 Å². The smallest absolute Gasteiger partial charge is 0.257 e. The van der Waals surface area contributed by atoms with Gasteiger partial charge < -0.3 is 14.8 Å². The number of aliphatic hydroxyl groups is 1. The highest BCUT2D eigenvalue weighted by Crippen LogP contribution is 2.22. The molecule has 0 saturated carbocycles. The molecule has 3 aromatic rings. The van der Waals surface area contributed by atoms with E-state index in [1.165, 1.54) is 11.8 Å². The molecule has 1 heterocycles. The Labute approximate surface area is 144 Å². The van der Waals surface area contributed by atoms with Crippen LogP contribution in [0.4, 0.5) is 0 Å². The number of para-hydroxylation sites is 2. The predicted molar refractivity (Wildman–Crippen MR) is 93.8 cm³/mol. The van der Waals surface area contributed by atoms with Gasteiger partial charge >= 0.3 is 0 Å². The largest absolute Gasteiger partial charge is 0.431 e. The fourth-order valence-corrected chi connectivity index (χ4v) is 2.95. The van der Waals surface area contributed by atoms with E-state index in [1.54, 1.807) is 0 Å². The van der Waals surface area contributed by atoms with E-state index >= 15 is 0 Å². The number of hydrogen-bond acceptors (Lipinski definition) is 5. The molecule has 0 saturated heterocycles. The lowest BCUT2D eigenvalue weighted by atomic mass is 10.1. The van der Waals surface area contributed by atoms with Gasteiger partial charge in [0.1, 0.15) is 5.52 Å². The molecule has 0 fully saturated rings. The molecule has 6 heteroatoms. The number of fused-ring (bicyclic) bond motifs is 1. The second-order valence-corrected chi connectivity index (χ2v) is 6.23. The van der Waals surface area contributed by atoms with E-state index in [0.29, 0.717) is 23.8 Å². The summed E-state index contributed by atoms with van der Waals surface area (Å²) in [6.45, 7) is 0.420. The molecular formula is C18H18N2O3S. The number of oxazole rings is 1. The van der Waals surface area contributed by atoms with E-state index in [1.807, 2.05) is 54.6 Å². The Morgan fingerprint density at radius 1 is 1.17 bits per heavy atom. The van der Waals surface area contributed by atoms with E-state index in [9.17, 15) is 9.90 Å². The number of amides is 1. The minimum atomic E-state index is -0.573. The summed E-state index contributed by atoms with van der Waals surface area (Å²) >= 11 is 1.26. The van der Waals surface area contributed by atoms with Gasteiger partial charge in [0.25, 0.3) is 5.22 Å². The van der Waals surface area contributed by atoms with E-state index < -0.39 is 6.10 Å². The number of nitrogens with one attached hydrogen (secondary N) is 1. The summed E-state index contributed by atoms with van der Waals surface area (Å²) in [5, 5.41) is 13.3. The molecule has 2 N–H and O–H groups in total. The van der Waals surface area contributed by atoms with Gasteiger partial charge in [-0.25, -0.2) is 4.98 Å². The van der Waals surface area contributed by atoms with Crippen molar-refractivity contribution in [2.24, 2.45) is 0 Å². The van der Waals surface area contributed by atoms with Gasteiger partial charge in [-0.3, -0.25) is 4.79 Å². The second kappa shape index (κ2) is 7.99. The Kier molecular flexibility index (Phi) is 5.51. The molecule has 24 heavy (non-hydrogen) atoms. The maximum Gasteiger partial charge on any atom is 0.257 e. The van der Waals surface area contributed by atoms with Crippen molar-refractivity contribution in [1.29, 1.82) is 0 Å². The zero-order chi connectivity index (χ0) is 16.8. The minimum Gasteiger partial charge on any atom is -0.431 e. The highest BCUT2D eigenvalue weighted by Gasteiger charge is 2.10. The number of aromatic nitrogens is 1. The van der Waals surface area contributed by atoms with Crippen LogP contribution in [0.25, 0.3) is 11.1 Å². The van der Waals surface area contributed by atoms with Crippen LogP contribution in [0.2, 0.25) is 0 Å². The Balaban J connectivity index is 1.41. The molecule has 0 spiro atoms. The first-order valence-electron chi connectivity index (χ1n) is 7.70. The fourth-order valence-electron chi connectivity index (χ4n) is 2.28. The Bertz CT molecular complexity index is 771. The van der Waals surface area contributed by atoms with Crippen molar-refractivity contribution < 1.29 is 14.3 Å². The van der Waals surface area contributed by atoms with Crippen molar-refractivity contribution in [1.82, 2.24) is 10.3 Å². The monoisotopic (exact) mass is 342 g/mol. The quantitative estimate of drug-likeness (QED) is 0.645. The summed E-state index contributed by atoms with van der Waals surface area (Å²) < 4.78 is 5.55. The molecule has 3 rings (SSSR count). The molecule has 1 atom stereocenters. The molecule has 1 unspecified atom stereocenters. The van der Waals surface area contributed by atoms with Crippen LogP contribution in [0.1, 0.15) is 18.1 Å². The zero-order valence-corrected chi connectivity index (χ0v) is 13.8. The third-order valence-corrected chi connectivity index (χ3v) is 4.35. The van der Waals surface area contributed by atoms with Crippen LogP contribution in [-0.4, -0.2) is 28.3 Å². The number of carbonyl (C=O) groups excluding carboxylic acids is 1. The normalized spacial score (nSPS) is 12.2. The molecule has 0 aliphatic carbocycles. The number of thioether (sulfide) groups is 1. The lowest BCUT2D eigenvalue weighted by molar-refractivity contribution is -0.118. The van der Waals surface area contributed by atoms with Crippen molar-refractivity contribution in [3.63, 3.8) is 0 Å². The molecule has 124 valence electrons.